The number of likely N-dealkylation sites (N-methyl/N-ethyl adjacent to an activating group) is 2. The molecule has 0 saturated heterocycles. The molecule has 3 aliphatic carbocycles. The summed E-state index contributed by atoms with van der Waals surface area (Å²) in [5.41, 5.74) is 0.240. The lowest BCUT2D eigenvalue weighted by molar-refractivity contribution is -0.153. The highest BCUT2D eigenvalue weighted by Gasteiger charge is 2.64. The number of aliphatic hydroxyl groups excluding tert-OH is 2. The maximum Gasteiger partial charge on any atom is 0.255 e. The molecule has 204 valence electrons. The number of phenols is 1. The summed E-state index contributed by atoms with van der Waals surface area (Å²) >= 11 is 0. The fourth-order valence-electron chi connectivity index (χ4n) is 5.79. The summed E-state index contributed by atoms with van der Waals surface area (Å²) in [6.07, 6.45) is -0.354. The minimum atomic E-state index is -2.80. The molecule has 4 atom stereocenters. The quantitative estimate of drug-likeness (QED) is 0.187. The van der Waals surface area contributed by atoms with Gasteiger partial charge in [0.2, 0.25) is 11.7 Å². The lowest BCUT2D eigenvalue weighted by Crippen LogP contribution is -2.65. The zero-order valence-corrected chi connectivity index (χ0v) is 21.0. The van der Waals surface area contributed by atoms with Gasteiger partial charge in [0, 0.05) is 23.1 Å². The number of aliphatic hydroxyl groups is 3. The number of benzene rings is 1. The van der Waals surface area contributed by atoms with E-state index < -0.39 is 86.7 Å². The van der Waals surface area contributed by atoms with Crippen molar-refractivity contribution in [3.05, 3.63) is 39.9 Å². The van der Waals surface area contributed by atoms with Crippen LogP contribution >= 0.6 is 0 Å². The Morgan fingerprint density at radius 2 is 1.89 bits per heavy atom. The standard InChI is InChI=1S/C25H29FN4O8/c1-4-28-8-14(31)29-13-7-12(26)10-5-9-6-11-18(30(2)3)21(34)17(24(27)37)23(36)25(11,38)22(35)15(9)20(33)16(10)19(13)32/h7,9,11,18,28,32-33,36,38H,4-6,8H2,1-3H3,(H2,27,37)(H,29,31)/t9-,11-,18-,25-/m0/s1. The number of rotatable bonds is 6. The number of Topliss-reactive ketones (excluding diaryl/α,β-unsaturated/α-hetero) is 2. The van der Waals surface area contributed by atoms with Gasteiger partial charge in [-0.05, 0) is 39.4 Å². The minimum Gasteiger partial charge on any atom is -0.508 e. The highest BCUT2D eigenvalue weighted by atomic mass is 19.1. The van der Waals surface area contributed by atoms with Crippen molar-refractivity contribution in [1.82, 2.24) is 10.2 Å². The molecule has 1 aromatic rings. The van der Waals surface area contributed by atoms with Crippen molar-refractivity contribution in [3.8, 4) is 5.75 Å². The van der Waals surface area contributed by atoms with Crippen LogP contribution in [0.5, 0.6) is 5.75 Å². The summed E-state index contributed by atoms with van der Waals surface area (Å²) < 4.78 is 15.2. The second-order valence-corrected chi connectivity index (χ2v) is 9.90. The number of aromatic hydroxyl groups is 1. The Balaban J connectivity index is 1.88. The van der Waals surface area contributed by atoms with Gasteiger partial charge in [0.25, 0.3) is 5.91 Å². The highest BCUT2D eigenvalue weighted by Crippen LogP contribution is 2.53. The van der Waals surface area contributed by atoms with E-state index in [1.807, 2.05) is 0 Å². The monoisotopic (exact) mass is 532 g/mol. The zero-order chi connectivity index (χ0) is 28.3. The minimum absolute atomic E-state index is 0.127. The molecular weight excluding hydrogens is 503 g/mol. The molecule has 0 spiro atoms. The molecule has 2 amide bonds. The van der Waals surface area contributed by atoms with Crippen LogP contribution in [0.25, 0.3) is 5.76 Å². The van der Waals surface area contributed by atoms with E-state index in [2.05, 4.69) is 10.6 Å². The number of carbonyl (C=O) groups is 4. The number of nitrogens with zero attached hydrogens (tertiary/aromatic N) is 1. The zero-order valence-electron chi connectivity index (χ0n) is 21.0. The molecule has 8 N–H and O–H groups in total. The highest BCUT2D eigenvalue weighted by molar-refractivity contribution is 6.24. The number of hydrogen-bond donors (Lipinski definition) is 7. The lowest BCUT2D eigenvalue weighted by atomic mass is 9.57. The molecule has 0 radical (unpaired) electrons. The van der Waals surface area contributed by atoms with Crippen molar-refractivity contribution >= 4 is 34.8 Å². The van der Waals surface area contributed by atoms with E-state index in [1.54, 1.807) is 6.92 Å². The number of hydrogen-bond acceptors (Lipinski definition) is 10. The summed E-state index contributed by atoms with van der Waals surface area (Å²) in [5, 5.41) is 49.5. The molecule has 0 heterocycles. The van der Waals surface area contributed by atoms with Crippen LogP contribution in [0.4, 0.5) is 10.1 Å². The Morgan fingerprint density at radius 3 is 2.47 bits per heavy atom. The second-order valence-electron chi connectivity index (χ2n) is 9.90. The van der Waals surface area contributed by atoms with Gasteiger partial charge in [-0.1, -0.05) is 6.92 Å². The maximum absolute atomic E-state index is 15.2. The molecule has 0 aromatic heterocycles. The molecule has 4 rings (SSSR count). The third kappa shape index (κ3) is 3.85. The lowest BCUT2D eigenvalue weighted by Gasteiger charge is -2.50. The van der Waals surface area contributed by atoms with Crippen molar-refractivity contribution < 1.29 is 44.0 Å². The predicted octanol–water partition coefficient (Wildman–Crippen LogP) is -0.349. The Bertz CT molecular complexity index is 1340. The molecule has 0 unspecified atom stereocenters. The van der Waals surface area contributed by atoms with E-state index in [-0.39, 0.29) is 30.6 Å². The van der Waals surface area contributed by atoms with E-state index in [9.17, 15) is 39.6 Å². The third-order valence-electron chi connectivity index (χ3n) is 7.48. The first kappa shape index (κ1) is 27.2. The molecule has 13 heteroatoms. The van der Waals surface area contributed by atoms with E-state index in [1.165, 1.54) is 19.0 Å². The van der Waals surface area contributed by atoms with Crippen molar-refractivity contribution in [2.45, 2.75) is 31.4 Å². The van der Waals surface area contributed by atoms with E-state index in [0.717, 1.165) is 6.07 Å². The molecule has 1 aromatic carbocycles. The van der Waals surface area contributed by atoms with Crippen LogP contribution in [0.2, 0.25) is 0 Å². The first-order chi connectivity index (χ1) is 17.8. The van der Waals surface area contributed by atoms with Crippen LogP contribution in [-0.2, 0) is 25.6 Å². The van der Waals surface area contributed by atoms with Crippen molar-refractivity contribution in [2.75, 3.05) is 32.5 Å². The molecule has 3 aliphatic rings. The van der Waals surface area contributed by atoms with Crippen LogP contribution in [0.3, 0.4) is 0 Å². The molecule has 38 heavy (non-hydrogen) atoms. The number of nitrogens with one attached hydrogen (secondary N) is 2. The van der Waals surface area contributed by atoms with Crippen LogP contribution < -0.4 is 16.4 Å². The first-order valence-electron chi connectivity index (χ1n) is 12.0. The van der Waals surface area contributed by atoms with Gasteiger partial charge < -0.3 is 36.8 Å². The number of halogens is 1. The van der Waals surface area contributed by atoms with Gasteiger partial charge in [-0.2, -0.15) is 0 Å². The summed E-state index contributed by atoms with van der Waals surface area (Å²) in [7, 11) is 2.97. The third-order valence-corrected chi connectivity index (χ3v) is 7.48. The Morgan fingerprint density at radius 1 is 1.24 bits per heavy atom. The fraction of sp³-hybridized carbons (Fsp3) is 0.440. The Kier molecular flexibility index (Phi) is 6.80. The average molecular weight is 533 g/mol. The normalized spacial score (nSPS) is 26.7. The summed E-state index contributed by atoms with van der Waals surface area (Å²) in [6.45, 7) is 2.12. The smallest absolute Gasteiger partial charge is 0.255 e. The van der Waals surface area contributed by atoms with Gasteiger partial charge in [-0.3, -0.25) is 24.1 Å². The summed E-state index contributed by atoms with van der Waals surface area (Å²) in [5.74, 6) is -9.80. The SMILES string of the molecule is CCNCC(=O)Nc1cc(F)c2c(c1O)C(O)=C1C(=O)[C@]3(O)C(O)=C(C(N)=O)C(=O)[C@@H](N(C)C)[C@@H]3C[C@@H]1C2. The largest absolute Gasteiger partial charge is 0.508 e. The number of amides is 2. The average Bonchev–Trinajstić information content (AvgIpc) is 2.82. The van der Waals surface area contributed by atoms with Gasteiger partial charge in [0.05, 0.1) is 23.8 Å². The fourth-order valence-corrected chi connectivity index (χ4v) is 5.79. The number of primary amides is 1. The number of nitrogens with two attached hydrogens (primary N) is 1. The van der Waals surface area contributed by atoms with Crippen molar-refractivity contribution in [2.24, 2.45) is 17.6 Å². The van der Waals surface area contributed by atoms with Crippen molar-refractivity contribution in [1.29, 1.82) is 0 Å². The van der Waals surface area contributed by atoms with Crippen LogP contribution in [0.1, 0.15) is 24.5 Å². The molecular formula is C25H29FN4O8. The molecule has 12 nitrogen and oxygen atoms in total. The predicted molar refractivity (Wildman–Crippen MR) is 131 cm³/mol. The Labute approximate surface area is 216 Å². The van der Waals surface area contributed by atoms with E-state index in [0.29, 0.717) is 6.54 Å². The number of phenolic OH excluding ortho intramolecular Hbond substituents is 1. The first-order valence-corrected chi connectivity index (χ1v) is 12.0. The number of carbonyl (C=O) groups excluding carboxylic acids is 4. The summed E-state index contributed by atoms with van der Waals surface area (Å²) in [4.78, 5) is 52.4. The van der Waals surface area contributed by atoms with Gasteiger partial charge in [0.15, 0.2) is 17.1 Å². The molecule has 1 saturated carbocycles. The van der Waals surface area contributed by atoms with Crippen LogP contribution in [0.15, 0.2) is 23.0 Å². The number of ketones is 2. The Hall–Kier alpha value is -3.81. The molecule has 1 fully saturated rings. The molecule has 0 aliphatic heterocycles. The van der Waals surface area contributed by atoms with Crippen LogP contribution in [-0.4, -0.2) is 87.5 Å². The maximum atomic E-state index is 15.2. The van der Waals surface area contributed by atoms with E-state index >= 15 is 4.39 Å². The topological polar surface area (TPSA) is 203 Å². The number of fused-ring (bicyclic) bond motifs is 3. The van der Waals surface area contributed by atoms with Crippen molar-refractivity contribution in [3.63, 3.8) is 0 Å². The van der Waals surface area contributed by atoms with Gasteiger partial charge >= 0.3 is 0 Å². The van der Waals surface area contributed by atoms with Gasteiger partial charge in [-0.25, -0.2) is 4.39 Å². The van der Waals surface area contributed by atoms with Crippen LogP contribution in [0, 0.1) is 17.7 Å². The molecule has 0 bridgehead atoms. The van der Waals surface area contributed by atoms with E-state index in [4.69, 9.17) is 5.73 Å². The van der Waals surface area contributed by atoms with Gasteiger partial charge in [0.1, 0.15) is 22.9 Å². The second kappa shape index (κ2) is 9.49. The number of anilines is 1. The summed E-state index contributed by atoms with van der Waals surface area (Å²) in [6, 6.07) is -0.336. The van der Waals surface area contributed by atoms with Gasteiger partial charge in [-0.15, -0.1) is 0 Å².